The third-order valence-electron chi connectivity index (χ3n) is 3.86. The van der Waals surface area contributed by atoms with Crippen LogP contribution in [0.4, 0.5) is 0 Å². The first-order chi connectivity index (χ1) is 10.2. The lowest BCUT2D eigenvalue weighted by molar-refractivity contribution is 0.416. The molecule has 110 valence electrons. The summed E-state index contributed by atoms with van der Waals surface area (Å²) in [4.78, 5) is 9.63. The molecule has 4 heteroatoms. The highest BCUT2D eigenvalue weighted by Crippen LogP contribution is 2.30. The van der Waals surface area contributed by atoms with E-state index in [0.717, 1.165) is 42.3 Å². The molecule has 0 radical (unpaired) electrons. The van der Waals surface area contributed by atoms with Crippen LogP contribution >= 0.6 is 0 Å². The average molecular weight is 283 g/mol. The molecular formula is C17H21N3O. The molecule has 3 rings (SSSR count). The number of ether oxygens (including phenoxy) is 1. The zero-order valence-corrected chi connectivity index (χ0v) is 12.8. The summed E-state index contributed by atoms with van der Waals surface area (Å²) in [7, 11) is 1.68. The number of methoxy groups -OCH3 is 1. The summed E-state index contributed by atoms with van der Waals surface area (Å²) in [6.07, 6.45) is 1.01. The van der Waals surface area contributed by atoms with Gasteiger partial charge in [0.05, 0.1) is 24.1 Å². The van der Waals surface area contributed by atoms with Crippen LogP contribution in [0.2, 0.25) is 0 Å². The molecule has 0 amide bonds. The average Bonchev–Trinajstić information content (AvgIpc) is 2.53. The monoisotopic (exact) mass is 283 g/mol. The quantitative estimate of drug-likeness (QED) is 0.941. The van der Waals surface area contributed by atoms with Crippen molar-refractivity contribution in [3.05, 3.63) is 41.2 Å². The van der Waals surface area contributed by atoms with Gasteiger partial charge in [-0.3, -0.25) is 0 Å². The molecule has 4 nitrogen and oxygen atoms in total. The zero-order chi connectivity index (χ0) is 14.8. The van der Waals surface area contributed by atoms with Crippen molar-refractivity contribution in [2.75, 3.05) is 13.7 Å². The lowest BCUT2D eigenvalue weighted by Gasteiger charge is -2.22. The van der Waals surface area contributed by atoms with Crippen LogP contribution < -0.4 is 10.1 Å². The van der Waals surface area contributed by atoms with Gasteiger partial charge in [-0.2, -0.15) is 0 Å². The molecule has 1 aliphatic heterocycles. The number of nitrogens with zero attached hydrogens (tertiary/aromatic N) is 2. The van der Waals surface area contributed by atoms with Gasteiger partial charge in [-0.05, 0) is 36.6 Å². The van der Waals surface area contributed by atoms with E-state index in [2.05, 4.69) is 19.2 Å². The molecule has 0 saturated carbocycles. The predicted molar refractivity (Wildman–Crippen MR) is 83.5 cm³/mol. The number of rotatable bonds is 3. The minimum absolute atomic E-state index is 0.397. The van der Waals surface area contributed by atoms with Gasteiger partial charge in [-0.25, -0.2) is 9.97 Å². The normalized spacial score (nSPS) is 14.1. The topological polar surface area (TPSA) is 47.0 Å². The van der Waals surface area contributed by atoms with Crippen molar-refractivity contribution < 1.29 is 4.74 Å². The van der Waals surface area contributed by atoms with E-state index >= 15 is 0 Å². The Balaban J connectivity index is 2.17. The number of fused-ring (bicyclic) bond motifs is 1. The fourth-order valence-electron chi connectivity index (χ4n) is 2.82. The Morgan fingerprint density at radius 3 is 2.76 bits per heavy atom. The highest BCUT2D eigenvalue weighted by Gasteiger charge is 2.20. The van der Waals surface area contributed by atoms with Crippen LogP contribution in [0.15, 0.2) is 24.3 Å². The maximum atomic E-state index is 5.45. The van der Waals surface area contributed by atoms with Crippen molar-refractivity contribution in [2.24, 2.45) is 0 Å². The number of hydrogen-bond acceptors (Lipinski definition) is 4. The molecule has 2 heterocycles. The smallest absolute Gasteiger partial charge is 0.163 e. The third-order valence-corrected chi connectivity index (χ3v) is 3.86. The van der Waals surface area contributed by atoms with Crippen molar-refractivity contribution in [3.63, 3.8) is 0 Å². The highest BCUT2D eigenvalue weighted by atomic mass is 16.5. The Kier molecular flexibility index (Phi) is 3.88. The molecule has 0 bridgehead atoms. The zero-order valence-electron chi connectivity index (χ0n) is 12.8. The van der Waals surface area contributed by atoms with E-state index in [0.29, 0.717) is 5.92 Å². The lowest BCUT2D eigenvalue weighted by atomic mass is 9.97. The van der Waals surface area contributed by atoms with Crippen LogP contribution in [0.25, 0.3) is 11.4 Å². The van der Waals surface area contributed by atoms with E-state index in [1.807, 2.05) is 24.3 Å². The summed E-state index contributed by atoms with van der Waals surface area (Å²) >= 11 is 0. The summed E-state index contributed by atoms with van der Waals surface area (Å²) in [6, 6.07) is 7.92. The van der Waals surface area contributed by atoms with Crippen LogP contribution in [-0.2, 0) is 13.0 Å². The van der Waals surface area contributed by atoms with E-state index < -0.39 is 0 Å². The third kappa shape index (κ3) is 2.63. The molecular weight excluding hydrogens is 262 g/mol. The molecule has 0 spiro atoms. The Bertz CT molecular complexity index is 652. The Morgan fingerprint density at radius 1 is 1.19 bits per heavy atom. The van der Waals surface area contributed by atoms with Crippen molar-refractivity contribution in [1.29, 1.82) is 0 Å². The molecule has 1 aliphatic rings. The minimum Gasteiger partial charge on any atom is -0.496 e. The SMILES string of the molecule is COc1ccccc1-c1nc2c(c(C(C)C)n1)CCNC2. The van der Waals surface area contributed by atoms with Crippen molar-refractivity contribution >= 4 is 0 Å². The lowest BCUT2D eigenvalue weighted by Crippen LogP contribution is -2.27. The Hall–Kier alpha value is -1.94. The van der Waals surface area contributed by atoms with Gasteiger partial charge in [0, 0.05) is 6.54 Å². The second-order valence-corrected chi connectivity index (χ2v) is 5.64. The number of benzene rings is 1. The predicted octanol–water partition coefficient (Wildman–Crippen LogP) is 2.92. The second-order valence-electron chi connectivity index (χ2n) is 5.64. The maximum absolute atomic E-state index is 5.45. The summed E-state index contributed by atoms with van der Waals surface area (Å²) in [5.74, 6) is 1.97. The second kappa shape index (κ2) is 5.82. The van der Waals surface area contributed by atoms with Gasteiger partial charge >= 0.3 is 0 Å². The van der Waals surface area contributed by atoms with Gasteiger partial charge in [-0.15, -0.1) is 0 Å². The van der Waals surface area contributed by atoms with E-state index in [9.17, 15) is 0 Å². The molecule has 0 saturated heterocycles. The fourth-order valence-corrected chi connectivity index (χ4v) is 2.82. The number of para-hydroxylation sites is 1. The summed E-state index contributed by atoms with van der Waals surface area (Å²) in [6.45, 7) is 6.21. The molecule has 0 atom stereocenters. The van der Waals surface area contributed by atoms with Crippen molar-refractivity contribution in [1.82, 2.24) is 15.3 Å². The molecule has 1 N–H and O–H groups in total. The van der Waals surface area contributed by atoms with E-state index in [1.54, 1.807) is 7.11 Å². The van der Waals surface area contributed by atoms with Crippen LogP contribution in [0.3, 0.4) is 0 Å². The Labute approximate surface area is 125 Å². The van der Waals surface area contributed by atoms with Crippen LogP contribution in [0, 0.1) is 0 Å². The van der Waals surface area contributed by atoms with Crippen LogP contribution in [-0.4, -0.2) is 23.6 Å². The molecule has 1 aromatic heterocycles. The van der Waals surface area contributed by atoms with Gasteiger partial charge in [0.1, 0.15) is 5.75 Å². The molecule has 1 aromatic carbocycles. The van der Waals surface area contributed by atoms with E-state index in [4.69, 9.17) is 14.7 Å². The molecule has 21 heavy (non-hydrogen) atoms. The van der Waals surface area contributed by atoms with Crippen LogP contribution in [0.5, 0.6) is 5.75 Å². The first kappa shape index (κ1) is 14.0. The van der Waals surface area contributed by atoms with E-state index in [1.165, 1.54) is 11.3 Å². The largest absolute Gasteiger partial charge is 0.496 e. The minimum atomic E-state index is 0.397. The number of aromatic nitrogens is 2. The summed E-state index contributed by atoms with van der Waals surface area (Å²) < 4.78 is 5.45. The van der Waals surface area contributed by atoms with Crippen LogP contribution in [0.1, 0.15) is 36.7 Å². The van der Waals surface area contributed by atoms with Gasteiger partial charge in [-0.1, -0.05) is 26.0 Å². The summed E-state index contributed by atoms with van der Waals surface area (Å²) in [5, 5.41) is 3.39. The van der Waals surface area contributed by atoms with Gasteiger partial charge in [0.15, 0.2) is 5.82 Å². The van der Waals surface area contributed by atoms with Gasteiger partial charge < -0.3 is 10.1 Å². The number of hydrogen-bond donors (Lipinski definition) is 1. The molecule has 0 unspecified atom stereocenters. The fraction of sp³-hybridized carbons (Fsp3) is 0.412. The van der Waals surface area contributed by atoms with Gasteiger partial charge in [0.2, 0.25) is 0 Å². The first-order valence-electron chi connectivity index (χ1n) is 7.44. The summed E-state index contributed by atoms with van der Waals surface area (Å²) in [5.41, 5.74) is 4.57. The molecule has 2 aromatic rings. The number of nitrogens with one attached hydrogen (secondary N) is 1. The maximum Gasteiger partial charge on any atom is 0.163 e. The van der Waals surface area contributed by atoms with Crippen molar-refractivity contribution in [3.8, 4) is 17.1 Å². The first-order valence-corrected chi connectivity index (χ1v) is 7.44. The van der Waals surface area contributed by atoms with E-state index in [-0.39, 0.29) is 0 Å². The van der Waals surface area contributed by atoms with Crippen molar-refractivity contribution in [2.45, 2.75) is 32.7 Å². The highest BCUT2D eigenvalue weighted by molar-refractivity contribution is 5.64. The van der Waals surface area contributed by atoms with Gasteiger partial charge in [0.25, 0.3) is 0 Å². The Morgan fingerprint density at radius 2 is 2.00 bits per heavy atom. The molecule has 0 aliphatic carbocycles. The molecule has 0 fully saturated rings. The standard InChI is InChI=1S/C17H21N3O/c1-11(2)16-12-8-9-18-10-14(12)19-17(20-16)13-6-4-5-7-15(13)21-3/h4-7,11,18H,8-10H2,1-3H3.